The molecule has 0 atom stereocenters. The minimum absolute atomic E-state index is 0.0328. The summed E-state index contributed by atoms with van der Waals surface area (Å²) >= 11 is 18.2. The van der Waals surface area contributed by atoms with Gasteiger partial charge in [0.1, 0.15) is 5.65 Å². The van der Waals surface area contributed by atoms with E-state index >= 15 is 0 Å². The highest BCUT2D eigenvalue weighted by Crippen LogP contribution is 2.37. The maximum absolute atomic E-state index is 12.7. The molecule has 0 aliphatic heterocycles. The monoisotopic (exact) mass is 354 g/mol. The van der Waals surface area contributed by atoms with Crippen molar-refractivity contribution in [1.29, 1.82) is 0 Å². The molecule has 0 bridgehead atoms. The second kappa shape index (κ2) is 5.43. The average Bonchev–Trinajstić information content (AvgIpc) is 2.48. The zero-order chi connectivity index (χ0) is 16.0. The number of fused-ring (bicyclic) bond motifs is 1. The van der Waals surface area contributed by atoms with E-state index in [2.05, 4.69) is 9.97 Å². The highest BCUT2D eigenvalue weighted by molar-refractivity contribution is 6.39. The summed E-state index contributed by atoms with van der Waals surface area (Å²) in [5.74, 6) is 0. The number of nitrogens with zero attached hydrogens (tertiary/aromatic N) is 3. The summed E-state index contributed by atoms with van der Waals surface area (Å²) in [6, 6.07) is 4.98. The van der Waals surface area contributed by atoms with Crippen LogP contribution in [0.3, 0.4) is 0 Å². The summed E-state index contributed by atoms with van der Waals surface area (Å²) in [4.78, 5) is 20.6. The lowest BCUT2D eigenvalue weighted by Gasteiger charge is -2.14. The quantitative estimate of drug-likeness (QED) is 0.678. The number of aryl methyl sites for hydroxylation is 1. The van der Waals surface area contributed by atoms with Crippen molar-refractivity contribution < 1.29 is 0 Å². The Bertz CT molecular complexity index is 948. The van der Waals surface area contributed by atoms with Crippen LogP contribution in [0, 0.1) is 0 Å². The van der Waals surface area contributed by atoms with Crippen molar-refractivity contribution in [3.63, 3.8) is 0 Å². The molecular weight excluding hydrogens is 347 g/mol. The molecule has 0 saturated carbocycles. The molecule has 5 nitrogen and oxygen atoms in total. The lowest BCUT2D eigenvalue weighted by atomic mass is 10.0. The topological polar surface area (TPSA) is 73.8 Å². The van der Waals surface area contributed by atoms with Crippen LogP contribution >= 0.6 is 34.8 Å². The zero-order valence-electron chi connectivity index (χ0n) is 11.3. The molecule has 112 valence electrons. The van der Waals surface area contributed by atoms with E-state index < -0.39 is 0 Å². The number of halogens is 3. The van der Waals surface area contributed by atoms with Crippen molar-refractivity contribution in [3.8, 4) is 11.1 Å². The van der Waals surface area contributed by atoms with Crippen molar-refractivity contribution in [1.82, 2.24) is 14.5 Å². The Morgan fingerprint density at radius 2 is 1.77 bits per heavy atom. The first-order valence-corrected chi connectivity index (χ1v) is 7.30. The van der Waals surface area contributed by atoms with Crippen LogP contribution in [0.15, 0.2) is 29.2 Å². The maximum atomic E-state index is 12.7. The normalized spacial score (nSPS) is 11.1. The largest absolute Gasteiger partial charge is 0.397 e. The molecule has 2 heterocycles. The fraction of sp³-hybridized carbons (Fsp3) is 0.0714. The van der Waals surface area contributed by atoms with E-state index in [-0.39, 0.29) is 22.1 Å². The molecule has 0 amide bonds. The van der Waals surface area contributed by atoms with Gasteiger partial charge in [-0.15, -0.1) is 0 Å². The zero-order valence-corrected chi connectivity index (χ0v) is 13.5. The van der Waals surface area contributed by atoms with E-state index in [1.165, 1.54) is 10.8 Å². The van der Waals surface area contributed by atoms with Gasteiger partial charge < -0.3 is 5.73 Å². The molecule has 22 heavy (non-hydrogen) atoms. The number of aromatic nitrogens is 3. The number of rotatable bonds is 1. The molecule has 0 spiro atoms. The van der Waals surface area contributed by atoms with Gasteiger partial charge in [0, 0.05) is 18.8 Å². The van der Waals surface area contributed by atoms with Crippen molar-refractivity contribution in [2.45, 2.75) is 0 Å². The molecule has 3 rings (SSSR count). The van der Waals surface area contributed by atoms with Crippen molar-refractivity contribution in [3.05, 3.63) is 50.1 Å². The Morgan fingerprint density at radius 1 is 1.14 bits per heavy atom. The molecule has 0 saturated heterocycles. The number of benzene rings is 1. The van der Waals surface area contributed by atoms with Gasteiger partial charge >= 0.3 is 0 Å². The fourth-order valence-electron chi connectivity index (χ4n) is 2.29. The standard InChI is InChI=1S/C14H9Cl3N4O/c1-21-12-6(5-19-14(17)20-12)11(18)10(13(21)22)9-7(15)3-2-4-8(9)16/h2-5H,18H2,1H3. The van der Waals surface area contributed by atoms with Crippen LogP contribution < -0.4 is 11.3 Å². The van der Waals surface area contributed by atoms with Crippen molar-refractivity contribution >= 4 is 51.5 Å². The van der Waals surface area contributed by atoms with Crippen LogP contribution in [-0.2, 0) is 7.05 Å². The first kappa shape index (κ1) is 15.1. The second-order valence-electron chi connectivity index (χ2n) is 4.63. The molecule has 3 aromatic rings. The van der Waals surface area contributed by atoms with Gasteiger partial charge in [0.2, 0.25) is 5.28 Å². The summed E-state index contributed by atoms with van der Waals surface area (Å²) in [6.45, 7) is 0. The molecule has 0 fully saturated rings. The second-order valence-corrected chi connectivity index (χ2v) is 5.78. The SMILES string of the molecule is Cn1c(=O)c(-c2c(Cl)cccc2Cl)c(N)c2cnc(Cl)nc21. The molecule has 1 aromatic carbocycles. The molecule has 2 aromatic heterocycles. The van der Waals surface area contributed by atoms with Gasteiger partial charge in [0.25, 0.3) is 5.56 Å². The van der Waals surface area contributed by atoms with E-state index in [0.29, 0.717) is 26.6 Å². The maximum Gasteiger partial charge on any atom is 0.262 e. The molecule has 0 aliphatic carbocycles. The van der Waals surface area contributed by atoms with E-state index in [1.807, 2.05) is 0 Å². The highest BCUT2D eigenvalue weighted by Gasteiger charge is 2.20. The first-order valence-electron chi connectivity index (χ1n) is 6.17. The van der Waals surface area contributed by atoms with Crippen molar-refractivity contribution in [2.24, 2.45) is 7.05 Å². The summed E-state index contributed by atoms with van der Waals surface area (Å²) in [7, 11) is 1.57. The van der Waals surface area contributed by atoms with E-state index in [1.54, 1.807) is 25.2 Å². The Kier molecular flexibility index (Phi) is 3.72. The Hall–Kier alpha value is -1.82. The molecular formula is C14H9Cl3N4O. The van der Waals surface area contributed by atoms with Crippen molar-refractivity contribution in [2.75, 3.05) is 5.73 Å². The summed E-state index contributed by atoms with van der Waals surface area (Å²) in [5.41, 5.74) is 6.95. The predicted molar refractivity (Wildman–Crippen MR) is 89.7 cm³/mol. The lowest BCUT2D eigenvalue weighted by molar-refractivity contribution is 0.887. The van der Waals surface area contributed by atoms with Crippen LogP contribution in [0.4, 0.5) is 5.69 Å². The van der Waals surface area contributed by atoms with E-state index in [4.69, 9.17) is 40.5 Å². The van der Waals surface area contributed by atoms with Crippen LogP contribution in [0.1, 0.15) is 0 Å². The average molecular weight is 356 g/mol. The first-order chi connectivity index (χ1) is 10.4. The number of hydrogen-bond donors (Lipinski definition) is 1. The Balaban J connectivity index is 2.52. The van der Waals surface area contributed by atoms with Gasteiger partial charge in [-0.05, 0) is 23.7 Å². The summed E-state index contributed by atoms with van der Waals surface area (Å²) < 4.78 is 1.34. The Labute approximate surface area is 140 Å². The van der Waals surface area contributed by atoms with Gasteiger partial charge in [-0.25, -0.2) is 4.98 Å². The number of pyridine rings is 1. The number of nitrogen functional groups attached to an aromatic ring is 1. The third-order valence-corrected chi connectivity index (χ3v) is 4.16. The molecule has 8 heteroatoms. The summed E-state index contributed by atoms with van der Waals surface area (Å²) in [6.07, 6.45) is 1.47. The predicted octanol–water partition coefficient (Wildman–Crippen LogP) is 3.54. The third-order valence-electron chi connectivity index (χ3n) is 3.35. The molecule has 0 radical (unpaired) electrons. The van der Waals surface area contributed by atoms with Crippen LogP contribution in [-0.4, -0.2) is 14.5 Å². The third kappa shape index (κ3) is 2.22. The van der Waals surface area contributed by atoms with Crippen LogP contribution in [0.25, 0.3) is 22.2 Å². The molecule has 0 unspecified atom stereocenters. The fourth-order valence-corrected chi connectivity index (χ4v) is 3.00. The summed E-state index contributed by atoms with van der Waals surface area (Å²) in [5, 5.41) is 1.21. The van der Waals surface area contributed by atoms with Gasteiger partial charge in [-0.1, -0.05) is 29.3 Å². The minimum Gasteiger partial charge on any atom is -0.397 e. The van der Waals surface area contributed by atoms with Gasteiger partial charge in [-0.3, -0.25) is 9.36 Å². The van der Waals surface area contributed by atoms with E-state index in [0.717, 1.165) is 0 Å². The van der Waals surface area contributed by atoms with Gasteiger partial charge in [0.15, 0.2) is 0 Å². The number of nitrogens with two attached hydrogens (primary N) is 1. The number of anilines is 1. The minimum atomic E-state index is -0.366. The van der Waals surface area contributed by atoms with E-state index in [9.17, 15) is 4.79 Å². The molecule has 0 aliphatic rings. The van der Waals surface area contributed by atoms with Gasteiger partial charge in [-0.2, -0.15) is 4.98 Å². The van der Waals surface area contributed by atoms with Crippen LogP contribution in [0.2, 0.25) is 15.3 Å². The van der Waals surface area contributed by atoms with Gasteiger partial charge in [0.05, 0.1) is 26.7 Å². The Morgan fingerprint density at radius 3 is 2.41 bits per heavy atom. The molecule has 2 N–H and O–H groups in total. The highest BCUT2D eigenvalue weighted by atomic mass is 35.5. The van der Waals surface area contributed by atoms with Crippen LogP contribution in [0.5, 0.6) is 0 Å². The smallest absolute Gasteiger partial charge is 0.262 e. The lowest BCUT2D eigenvalue weighted by Crippen LogP contribution is -2.22. The number of hydrogen-bond acceptors (Lipinski definition) is 4.